The minimum Gasteiger partial charge on any atom is -0.477 e. The average molecular weight is 248 g/mol. The zero-order chi connectivity index (χ0) is 13.3. The standard InChI is InChI=1S/C11H18FNO4/c1-11(2,3)17-10(16)13(7-9(14)15)6-4-5-8(13)12/h8H,4-7H2,1-3H3/p+1. The number of carboxylic acid groups (broad SMARTS) is 1. The van der Waals surface area contributed by atoms with Crippen molar-refractivity contribution in [3.05, 3.63) is 0 Å². The maximum atomic E-state index is 13.8. The van der Waals surface area contributed by atoms with Gasteiger partial charge in [-0.1, -0.05) is 0 Å². The Balaban J connectivity index is 2.91. The molecular formula is C11H19FNO4+. The monoisotopic (exact) mass is 248 g/mol. The van der Waals surface area contributed by atoms with Crippen LogP contribution in [0.3, 0.4) is 0 Å². The van der Waals surface area contributed by atoms with Crippen LogP contribution in [-0.2, 0) is 9.53 Å². The summed E-state index contributed by atoms with van der Waals surface area (Å²) in [5.41, 5.74) is -0.747. The predicted molar refractivity (Wildman–Crippen MR) is 58.0 cm³/mol. The molecular weight excluding hydrogens is 229 g/mol. The lowest BCUT2D eigenvalue weighted by Gasteiger charge is -2.32. The van der Waals surface area contributed by atoms with E-state index in [1.165, 1.54) is 0 Å². The van der Waals surface area contributed by atoms with Crippen molar-refractivity contribution in [3.8, 4) is 0 Å². The van der Waals surface area contributed by atoms with E-state index in [2.05, 4.69) is 0 Å². The van der Waals surface area contributed by atoms with Crippen molar-refractivity contribution in [2.75, 3.05) is 13.1 Å². The first-order valence-corrected chi connectivity index (χ1v) is 5.63. The van der Waals surface area contributed by atoms with Crippen molar-refractivity contribution >= 4 is 12.1 Å². The van der Waals surface area contributed by atoms with Crippen molar-refractivity contribution < 1.29 is 28.3 Å². The molecule has 1 heterocycles. The summed E-state index contributed by atoms with van der Waals surface area (Å²) in [4.78, 5) is 22.8. The van der Waals surface area contributed by atoms with Crippen LogP contribution in [0.15, 0.2) is 0 Å². The topological polar surface area (TPSA) is 63.6 Å². The maximum Gasteiger partial charge on any atom is 0.519 e. The molecule has 0 spiro atoms. The molecule has 1 aliphatic rings. The first kappa shape index (κ1) is 13.9. The molecule has 2 unspecified atom stereocenters. The van der Waals surface area contributed by atoms with Gasteiger partial charge in [0.15, 0.2) is 6.54 Å². The number of carboxylic acids is 1. The number of ether oxygens (including phenoxy) is 1. The van der Waals surface area contributed by atoms with Crippen molar-refractivity contribution in [1.29, 1.82) is 0 Å². The summed E-state index contributed by atoms with van der Waals surface area (Å²) >= 11 is 0. The van der Waals surface area contributed by atoms with Crippen molar-refractivity contribution in [3.63, 3.8) is 0 Å². The normalized spacial score (nSPS) is 29.1. The molecule has 1 N–H and O–H groups in total. The van der Waals surface area contributed by atoms with E-state index in [1.54, 1.807) is 20.8 Å². The van der Waals surface area contributed by atoms with E-state index in [4.69, 9.17) is 9.84 Å². The number of aliphatic carboxylic acids is 1. The summed E-state index contributed by atoms with van der Waals surface area (Å²) < 4.78 is 18.2. The second-order valence-corrected chi connectivity index (χ2v) is 5.37. The minimum atomic E-state index is -1.49. The van der Waals surface area contributed by atoms with Gasteiger partial charge < -0.3 is 9.84 Å². The van der Waals surface area contributed by atoms with Crippen molar-refractivity contribution in [1.82, 2.24) is 0 Å². The highest BCUT2D eigenvalue weighted by molar-refractivity contribution is 5.71. The molecule has 0 saturated carbocycles. The third-order valence-corrected chi connectivity index (χ3v) is 2.71. The van der Waals surface area contributed by atoms with E-state index in [-0.39, 0.29) is 13.0 Å². The molecule has 0 aliphatic carbocycles. The summed E-state index contributed by atoms with van der Waals surface area (Å²) in [7, 11) is 0. The lowest BCUT2D eigenvalue weighted by Crippen LogP contribution is -2.58. The number of alkyl halides is 1. The zero-order valence-corrected chi connectivity index (χ0v) is 10.4. The van der Waals surface area contributed by atoms with Gasteiger partial charge in [0.05, 0.1) is 6.54 Å². The third kappa shape index (κ3) is 3.15. The van der Waals surface area contributed by atoms with Gasteiger partial charge in [-0.05, 0) is 20.8 Å². The van der Waals surface area contributed by atoms with E-state index in [1.807, 2.05) is 0 Å². The lowest BCUT2D eigenvalue weighted by atomic mass is 10.2. The fourth-order valence-corrected chi connectivity index (χ4v) is 1.97. The first-order valence-electron chi connectivity index (χ1n) is 5.63. The highest BCUT2D eigenvalue weighted by Gasteiger charge is 2.52. The number of hydrogen-bond acceptors (Lipinski definition) is 3. The molecule has 0 aromatic carbocycles. The highest BCUT2D eigenvalue weighted by Crippen LogP contribution is 2.30. The van der Waals surface area contributed by atoms with Gasteiger partial charge in [0.2, 0.25) is 6.30 Å². The van der Waals surface area contributed by atoms with Crippen LogP contribution >= 0.6 is 0 Å². The Labute approximate surface area is 99.7 Å². The Morgan fingerprint density at radius 3 is 2.41 bits per heavy atom. The molecule has 1 saturated heterocycles. The number of rotatable bonds is 2. The summed E-state index contributed by atoms with van der Waals surface area (Å²) in [6, 6.07) is 0. The van der Waals surface area contributed by atoms with Crippen LogP contribution in [0.4, 0.5) is 9.18 Å². The Hall–Kier alpha value is -1.17. The molecule has 1 amide bonds. The molecule has 6 heteroatoms. The van der Waals surface area contributed by atoms with Crippen LogP contribution in [0.1, 0.15) is 33.6 Å². The van der Waals surface area contributed by atoms with Crippen LogP contribution in [-0.4, -0.2) is 46.6 Å². The Kier molecular flexibility index (Phi) is 3.76. The molecule has 17 heavy (non-hydrogen) atoms. The van der Waals surface area contributed by atoms with Gasteiger partial charge in [0.1, 0.15) is 5.60 Å². The fourth-order valence-electron chi connectivity index (χ4n) is 1.97. The summed E-state index contributed by atoms with van der Waals surface area (Å²) in [5, 5.41) is 8.81. The quantitative estimate of drug-likeness (QED) is 0.599. The minimum absolute atomic E-state index is 0.183. The van der Waals surface area contributed by atoms with Gasteiger partial charge >= 0.3 is 12.1 Å². The van der Waals surface area contributed by atoms with Crippen molar-refractivity contribution in [2.24, 2.45) is 0 Å². The molecule has 0 aromatic rings. The first-order chi connectivity index (χ1) is 7.67. The molecule has 1 aliphatic heterocycles. The molecule has 0 bridgehead atoms. The van der Waals surface area contributed by atoms with Crippen molar-refractivity contribution in [2.45, 2.75) is 45.5 Å². The Morgan fingerprint density at radius 2 is 2.06 bits per heavy atom. The summed E-state index contributed by atoms with van der Waals surface area (Å²) in [5.74, 6) is -1.19. The van der Waals surface area contributed by atoms with E-state index < -0.39 is 35.0 Å². The van der Waals surface area contributed by atoms with Gasteiger partial charge in [-0.2, -0.15) is 13.7 Å². The molecule has 98 valence electrons. The van der Waals surface area contributed by atoms with Gasteiger partial charge in [-0.15, -0.1) is 0 Å². The van der Waals surface area contributed by atoms with Gasteiger partial charge in [0, 0.05) is 12.8 Å². The van der Waals surface area contributed by atoms with Crippen LogP contribution < -0.4 is 0 Å². The number of hydrogen-bond donors (Lipinski definition) is 1. The van der Waals surface area contributed by atoms with Gasteiger partial charge in [-0.3, -0.25) is 0 Å². The van der Waals surface area contributed by atoms with Gasteiger partial charge in [0.25, 0.3) is 0 Å². The highest BCUT2D eigenvalue weighted by atomic mass is 19.1. The van der Waals surface area contributed by atoms with E-state index in [0.717, 1.165) is 0 Å². The number of carbonyl (C=O) groups excluding carboxylic acids is 1. The number of quaternary nitrogens is 1. The summed E-state index contributed by atoms with van der Waals surface area (Å²) in [6.07, 6.45) is -1.58. The van der Waals surface area contributed by atoms with E-state index >= 15 is 0 Å². The average Bonchev–Trinajstić information content (AvgIpc) is 2.45. The largest absolute Gasteiger partial charge is 0.519 e. The van der Waals surface area contributed by atoms with E-state index in [0.29, 0.717) is 6.42 Å². The zero-order valence-electron chi connectivity index (χ0n) is 10.4. The van der Waals surface area contributed by atoms with Crippen LogP contribution in [0.25, 0.3) is 0 Å². The molecule has 1 fully saturated rings. The molecule has 5 nitrogen and oxygen atoms in total. The maximum absolute atomic E-state index is 13.8. The number of likely N-dealkylation sites (tertiary alicyclic amines) is 1. The van der Waals surface area contributed by atoms with Gasteiger partial charge in [-0.25, -0.2) is 4.79 Å². The molecule has 2 atom stereocenters. The smallest absolute Gasteiger partial charge is 0.477 e. The second-order valence-electron chi connectivity index (χ2n) is 5.37. The van der Waals surface area contributed by atoms with Crippen LogP contribution in [0, 0.1) is 0 Å². The van der Waals surface area contributed by atoms with E-state index in [9.17, 15) is 14.0 Å². The summed E-state index contributed by atoms with van der Waals surface area (Å²) in [6.45, 7) is 4.64. The predicted octanol–water partition coefficient (Wildman–Crippen LogP) is 1.91. The SMILES string of the molecule is CC(C)(C)OC(=O)[N+]1(CC(=O)O)CCCC1F. The second kappa shape index (κ2) is 4.60. The molecule has 0 aromatic heterocycles. The van der Waals surface area contributed by atoms with Crippen LogP contribution in [0.5, 0.6) is 0 Å². The number of carbonyl (C=O) groups is 2. The number of halogens is 1. The lowest BCUT2D eigenvalue weighted by molar-refractivity contribution is -0.878. The molecule has 0 radical (unpaired) electrons. The fraction of sp³-hybridized carbons (Fsp3) is 0.818. The number of nitrogens with zero attached hydrogens (tertiary/aromatic N) is 1. The third-order valence-electron chi connectivity index (χ3n) is 2.71. The Bertz CT molecular complexity index is 326. The Morgan fingerprint density at radius 1 is 1.47 bits per heavy atom. The molecule has 1 rings (SSSR count). The van der Waals surface area contributed by atoms with Crippen LogP contribution in [0.2, 0.25) is 0 Å². The number of amides is 1.